The van der Waals surface area contributed by atoms with E-state index in [4.69, 9.17) is 15.4 Å². The van der Waals surface area contributed by atoms with Gasteiger partial charge in [-0.2, -0.15) is 8.42 Å². The molecule has 0 fully saturated rings. The minimum absolute atomic E-state index is 0.258. The van der Waals surface area contributed by atoms with Crippen LogP contribution in [0.25, 0.3) is 0 Å². The molecule has 17 heavy (non-hydrogen) atoms. The lowest BCUT2D eigenvalue weighted by molar-refractivity contribution is 0.207. The fourth-order valence-electron chi connectivity index (χ4n) is 1.16. The molecule has 0 radical (unpaired) electrons. The summed E-state index contributed by atoms with van der Waals surface area (Å²) in [5, 5.41) is 0. The molecular weight excluding hydrogens is 266 g/mol. The highest BCUT2D eigenvalue weighted by molar-refractivity contribution is 8.12. The SMILES string of the molecule is CC(C)c1cccc(OC(=O)NS(=O)(=O)Cl)c1. The summed E-state index contributed by atoms with van der Waals surface area (Å²) in [5.74, 6) is 0.535. The van der Waals surface area contributed by atoms with Gasteiger partial charge >= 0.3 is 15.3 Å². The van der Waals surface area contributed by atoms with Gasteiger partial charge in [0.1, 0.15) is 5.75 Å². The highest BCUT2D eigenvalue weighted by Gasteiger charge is 2.12. The van der Waals surface area contributed by atoms with E-state index in [0.717, 1.165) is 5.56 Å². The lowest BCUT2D eigenvalue weighted by atomic mass is 10.0. The first kappa shape index (κ1) is 13.8. The number of ether oxygens (including phenoxy) is 1. The molecule has 1 rings (SSSR count). The number of nitrogens with one attached hydrogen (secondary N) is 1. The standard InChI is InChI=1S/C10H12ClNO4S/c1-7(2)8-4-3-5-9(6-8)16-10(13)12-17(11,14)15/h3-7H,1-2H3,(H,12,13). The Morgan fingerprint density at radius 1 is 1.41 bits per heavy atom. The van der Waals surface area contributed by atoms with Crippen molar-refractivity contribution in [3.8, 4) is 5.75 Å². The fraction of sp³-hybridized carbons (Fsp3) is 0.300. The molecule has 0 heterocycles. The predicted molar refractivity (Wildman–Crippen MR) is 64.5 cm³/mol. The van der Waals surface area contributed by atoms with E-state index in [1.165, 1.54) is 4.72 Å². The number of benzene rings is 1. The van der Waals surface area contributed by atoms with Gasteiger partial charge in [-0.1, -0.05) is 26.0 Å². The van der Waals surface area contributed by atoms with Gasteiger partial charge in [-0.25, -0.2) is 9.52 Å². The lowest BCUT2D eigenvalue weighted by Gasteiger charge is -2.08. The molecule has 0 aliphatic rings. The molecule has 0 saturated heterocycles. The van der Waals surface area contributed by atoms with E-state index in [1.807, 2.05) is 19.9 Å². The normalized spacial score (nSPS) is 11.3. The van der Waals surface area contributed by atoms with Crippen LogP contribution < -0.4 is 9.46 Å². The Balaban J connectivity index is 2.75. The number of carbonyl (C=O) groups excluding carboxylic acids is 1. The summed E-state index contributed by atoms with van der Waals surface area (Å²) in [5.41, 5.74) is 0.976. The van der Waals surface area contributed by atoms with Crippen molar-refractivity contribution in [2.24, 2.45) is 0 Å². The molecule has 1 amide bonds. The highest BCUT2D eigenvalue weighted by Crippen LogP contribution is 2.20. The second-order valence-electron chi connectivity index (χ2n) is 3.66. The molecule has 0 bridgehead atoms. The van der Waals surface area contributed by atoms with Gasteiger partial charge in [-0.15, -0.1) is 0 Å². The van der Waals surface area contributed by atoms with E-state index >= 15 is 0 Å². The molecule has 7 heteroatoms. The van der Waals surface area contributed by atoms with Crippen molar-refractivity contribution in [2.45, 2.75) is 19.8 Å². The molecule has 0 spiro atoms. The van der Waals surface area contributed by atoms with Crippen LogP contribution >= 0.6 is 10.7 Å². The maximum Gasteiger partial charge on any atom is 0.427 e. The Morgan fingerprint density at radius 2 is 2.06 bits per heavy atom. The van der Waals surface area contributed by atoms with Crippen LogP contribution in [0.15, 0.2) is 24.3 Å². The van der Waals surface area contributed by atoms with Gasteiger partial charge in [0.25, 0.3) is 0 Å². The number of halogens is 1. The molecule has 0 aliphatic heterocycles. The minimum Gasteiger partial charge on any atom is -0.410 e. The van der Waals surface area contributed by atoms with Gasteiger partial charge in [0, 0.05) is 10.7 Å². The Hall–Kier alpha value is -1.27. The zero-order valence-corrected chi connectivity index (χ0v) is 10.9. The number of carbonyl (C=O) groups is 1. The van der Waals surface area contributed by atoms with Crippen LogP contribution in [0, 0.1) is 0 Å². The molecule has 94 valence electrons. The van der Waals surface area contributed by atoms with E-state index in [0.29, 0.717) is 0 Å². The van der Waals surface area contributed by atoms with E-state index in [2.05, 4.69) is 0 Å². The molecule has 0 aliphatic carbocycles. The molecule has 0 atom stereocenters. The van der Waals surface area contributed by atoms with E-state index < -0.39 is 15.3 Å². The van der Waals surface area contributed by atoms with Crippen LogP contribution in [0.4, 0.5) is 4.79 Å². The number of hydrogen-bond donors (Lipinski definition) is 1. The first-order chi connectivity index (χ1) is 7.78. The third-order valence-corrected chi connectivity index (χ3v) is 2.58. The van der Waals surface area contributed by atoms with Crippen LogP contribution in [-0.2, 0) is 9.24 Å². The van der Waals surface area contributed by atoms with Crippen LogP contribution in [-0.4, -0.2) is 14.5 Å². The molecule has 5 nitrogen and oxygen atoms in total. The van der Waals surface area contributed by atoms with E-state index in [-0.39, 0.29) is 11.7 Å². The molecular formula is C10H12ClNO4S. The van der Waals surface area contributed by atoms with E-state index in [1.54, 1.807) is 18.2 Å². The second-order valence-corrected chi connectivity index (χ2v) is 5.96. The Bertz CT molecular complexity index is 513. The average molecular weight is 278 g/mol. The number of amides is 1. The van der Waals surface area contributed by atoms with Crippen molar-refractivity contribution in [3.05, 3.63) is 29.8 Å². The lowest BCUT2D eigenvalue weighted by Crippen LogP contribution is -2.29. The molecule has 0 saturated carbocycles. The Kier molecular flexibility index (Phi) is 4.36. The van der Waals surface area contributed by atoms with Gasteiger partial charge in [-0.05, 0) is 23.6 Å². The minimum atomic E-state index is -4.12. The summed E-state index contributed by atoms with van der Waals surface area (Å²) in [6.45, 7) is 3.98. The van der Waals surface area contributed by atoms with Gasteiger partial charge in [0.05, 0.1) is 0 Å². The molecule has 1 N–H and O–H groups in total. The monoisotopic (exact) mass is 277 g/mol. The van der Waals surface area contributed by atoms with Crippen LogP contribution in [0.3, 0.4) is 0 Å². The fourth-order valence-corrected chi connectivity index (χ4v) is 1.59. The number of rotatable bonds is 3. The Morgan fingerprint density at radius 3 is 2.59 bits per heavy atom. The summed E-state index contributed by atoms with van der Waals surface area (Å²) in [6.07, 6.45) is -1.14. The maximum atomic E-state index is 11.1. The zero-order chi connectivity index (χ0) is 13.1. The summed E-state index contributed by atoms with van der Waals surface area (Å²) < 4.78 is 27.4. The highest BCUT2D eigenvalue weighted by atomic mass is 35.7. The average Bonchev–Trinajstić information content (AvgIpc) is 2.14. The van der Waals surface area contributed by atoms with Gasteiger partial charge in [0.2, 0.25) is 0 Å². The van der Waals surface area contributed by atoms with Crippen LogP contribution in [0.2, 0.25) is 0 Å². The third kappa shape index (κ3) is 5.06. The third-order valence-electron chi connectivity index (χ3n) is 1.94. The second kappa shape index (κ2) is 5.37. The summed E-state index contributed by atoms with van der Waals surface area (Å²) >= 11 is 0. The molecule has 1 aromatic rings. The maximum absolute atomic E-state index is 11.1. The van der Waals surface area contributed by atoms with E-state index in [9.17, 15) is 13.2 Å². The number of hydrogen-bond acceptors (Lipinski definition) is 4. The summed E-state index contributed by atoms with van der Waals surface area (Å²) in [6, 6.07) is 6.80. The van der Waals surface area contributed by atoms with Crippen LogP contribution in [0.1, 0.15) is 25.3 Å². The van der Waals surface area contributed by atoms with Crippen molar-refractivity contribution in [1.29, 1.82) is 0 Å². The topological polar surface area (TPSA) is 72.5 Å². The summed E-state index contributed by atoms with van der Waals surface area (Å²) in [4.78, 5) is 11.1. The largest absolute Gasteiger partial charge is 0.427 e. The first-order valence-electron chi connectivity index (χ1n) is 4.82. The van der Waals surface area contributed by atoms with Gasteiger partial charge < -0.3 is 4.74 Å². The quantitative estimate of drug-likeness (QED) is 0.861. The molecule has 0 aromatic heterocycles. The van der Waals surface area contributed by atoms with Gasteiger partial charge in [0.15, 0.2) is 0 Å². The van der Waals surface area contributed by atoms with Gasteiger partial charge in [-0.3, -0.25) is 0 Å². The van der Waals surface area contributed by atoms with Crippen molar-refractivity contribution in [1.82, 2.24) is 4.72 Å². The first-order valence-corrected chi connectivity index (χ1v) is 7.13. The van der Waals surface area contributed by atoms with Crippen molar-refractivity contribution >= 4 is 26.0 Å². The Labute approximate surface area is 104 Å². The summed E-state index contributed by atoms with van der Waals surface area (Å²) in [7, 11) is 0.714. The molecule has 1 aromatic carbocycles. The zero-order valence-electron chi connectivity index (χ0n) is 9.31. The van der Waals surface area contributed by atoms with Crippen molar-refractivity contribution < 1.29 is 17.9 Å². The smallest absolute Gasteiger partial charge is 0.410 e. The van der Waals surface area contributed by atoms with Crippen molar-refractivity contribution in [2.75, 3.05) is 0 Å². The van der Waals surface area contributed by atoms with Crippen molar-refractivity contribution in [3.63, 3.8) is 0 Å². The predicted octanol–water partition coefficient (Wildman–Crippen LogP) is 2.38. The molecule has 0 unspecified atom stereocenters. The van der Waals surface area contributed by atoms with Crippen LogP contribution in [0.5, 0.6) is 5.75 Å².